The fraction of sp³-hybridized carbons (Fsp3) is 0.400. The highest BCUT2D eigenvalue weighted by atomic mass is 79.9. The van der Waals surface area contributed by atoms with Gasteiger partial charge in [0.15, 0.2) is 11.6 Å². The minimum Gasteiger partial charge on any atom is -0.492 e. The molecule has 0 amide bonds. The predicted molar refractivity (Wildman–Crippen MR) is 58.0 cm³/mol. The number of rotatable bonds is 3. The topological polar surface area (TPSA) is 35.2 Å². The van der Waals surface area contributed by atoms with Gasteiger partial charge in [0.05, 0.1) is 11.6 Å². The van der Waals surface area contributed by atoms with Crippen LogP contribution in [0.5, 0.6) is 5.75 Å². The van der Waals surface area contributed by atoms with Crippen molar-refractivity contribution in [2.45, 2.75) is 19.4 Å². The van der Waals surface area contributed by atoms with Gasteiger partial charge >= 0.3 is 0 Å². The molecule has 0 aliphatic carbocycles. The van der Waals surface area contributed by atoms with Gasteiger partial charge in [0.25, 0.3) is 0 Å². The number of nitrogens with two attached hydrogens (primary N) is 1. The lowest BCUT2D eigenvalue weighted by Crippen LogP contribution is -2.19. The van der Waals surface area contributed by atoms with Gasteiger partial charge in [-0.2, -0.15) is 4.39 Å². The van der Waals surface area contributed by atoms with Crippen LogP contribution in [0.3, 0.4) is 0 Å². The quantitative estimate of drug-likeness (QED) is 0.864. The van der Waals surface area contributed by atoms with E-state index in [-0.39, 0.29) is 23.8 Å². The standard InChI is InChI=1S/C10H12BrF2NO/c1-5(14)3-6-4-7(11)10(15-2)9(13)8(6)12/h4-5H,3,14H2,1-2H3. The van der Waals surface area contributed by atoms with Crippen molar-refractivity contribution in [3.63, 3.8) is 0 Å². The lowest BCUT2D eigenvalue weighted by atomic mass is 10.1. The highest BCUT2D eigenvalue weighted by molar-refractivity contribution is 9.10. The van der Waals surface area contributed by atoms with Crippen LogP contribution in [0.1, 0.15) is 12.5 Å². The smallest absolute Gasteiger partial charge is 0.202 e. The molecule has 0 saturated carbocycles. The van der Waals surface area contributed by atoms with E-state index in [1.54, 1.807) is 6.92 Å². The average molecular weight is 280 g/mol. The van der Waals surface area contributed by atoms with Crippen LogP contribution in [-0.4, -0.2) is 13.2 Å². The molecule has 0 bridgehead atoms. The van der Waals surface area contributed by atoms with E-state index in [1.807, 2.05) is 0 Å². The molecule has 1 unspecified atom stereocenters. The lowest BCUT2D eigenvalue weighted by Gasteiger charge is -2.11. The predicted octanol–water partition coefficient (Wildman–Crippen LogP) is 2.63. The summed E-state index contributed by atoms with van der Waals surface area (Å²) < 4.78 is 32.0. The summed E-state index contributed by atoms with van der Waals surface area (Å²) in [5.74, 6) is -2.00. The molecule has 0 aliphatic rings. The summed E-state index contributed by atoms with van der Waals surface area (Å²) in [4.78, 5) is 0. The van der Waals surface area contributed by atoms with Crippen LogP contribution in [0.25, 0.3) is 0 Å². The fourth-order valence-electron chi connectivity index (χ4n) is 1.31. The van der Waals surface area contributed by atoms with Crippen molar-refractivity contribution in [2.24, 2.45) is 5.73 Å². The average Bonchev–Trinajstić information content (AvgIpc) is 2.14. The number of hydrogen-bond acceptors (Lipinski definition) is 2. The minimum atomic E-state index is -0.984. The van der Waals surface area contributed by atoms with E-state index in [4.69, 9.17) is 10.5 Å². The van der Waals surface area contributed by atoms with Gasteiger partial charge in [0, 0.05) is 6.04 Å². The van der Waals surface area contributed by atoms with Crippen molar-refractivity contribution in [1.29, 1.82) is 0 Å². The molecule has 0 aromatic heterocycles. The van der Waals surface area contributed by atoms with Crippen molar-refractivity contribution in [3.8, 4) is 5.75 Å². The molecule has 1 aromatic carbocycles. The molecule has 2 N–H and O–H groups in total. The van der Waals surface area contributed by atoms with Gasteiger partial charge in [-0.25, -0.2) is 4.39 Å². The van der Waals surface area contributed by atoms with E-state index in [9.17, 15) is 8.78 Å². The molecular formula is C10H12BrF2NO. The second-order valence-electron chi connectivity index (χ2n) is 3.36. The van der Waals surface area contributed by atoms with Crippen LogP contribution < -0.4 is 10.5 Å². The van der Waals surface area contributed by atoms with Crippen LogP contribution in [0.15, 0.2) is 10.5 Å². The molecule has 5 heteroatoms. The third-order valence-corrected chi connectivity index (χ3v) is 2.53. The van der Waals surface area contributed by atoms with Crippen molar-refractivity contribution in [2.75, 3.05) is 7.11 Å². The summed E-state index contributed by atoms with van der Waals surface area (Å²) in [6.07, 6.45) is 0.283. The Kier molecular flexibility index (Phi) is 4.04. The van der Waals surface area contributed by atoms with Crippen LogP contribution in [-0.2, 0) is 6.42 Å². The van der Waals surface area contributed by atoms with Gasteiger partial charge in [-0.15, -0.1) is 0 Å². The molecule has 1 aromatic rings. The lowest BCUT2D eigenvalue weighted by molar-refractivity contribution is 0.367. The maximum atomic E-state index is 13.5. The summed E-state index contributed by atoms with van der Waals surface area (Å²) in [5, 5.41) is 0. The van der Waals surface area contributed by atoms with Crippen molar-refractivity contribution in [1.82, 2.24) is 0 Å². The van der Waals surface area contributed by atoms with Gasteiger partial charge in [-0.1, -0.05) is 0 Å². The SMILES string of the molecule is COc1c(Br)cc(CC(C)N)c(F)c1F. The normalized spacial score (nSPS) is 12.7. The van der Waals surface area contributed by atoms with E-state index >= 15 is 0 Å². The number of benzene rings is 1. The van der Waals surface area contributed by atoms with Crippen LogP contribution in [0.2, 0.25) is 0 Å². The molecule has 1 atom stereocenters. The highest BCUT2D eigenvalue weighted by Crippen LogP contribution is 2.32. The zero-order valence-electron chi connectivity index (χ0n) is 8.48. The van der Waals surface area contributed by atoms with Gasteiger partial charge in [-0.05, 0) is 40.9 Å². The monoisotopic (exact) mass is 279 g/mol. The van der Waals surface area contributed by atoms with Gasteiger partial charge in [0.2, 0.25) is 5.82 Å². The first-order valence-corrected chi connectivity index (χ1v) is 5.22. The van der Waals surface area contributed by atoms with Gasteiger partial charge in [0.1, 0.15) is 0 Å². The molecule has 0 spiro atoms. The third-order valence-electron chi connectivity index (χ3n) is 1.94. The van der Waals surface area contributed by atoms with E-state index in [0.717, 1.165) is 0 Å². The molecule has 0 aliphatic heterocycles. The Labute approximate surface area is 95.5 Å². The van der Waals surface area contributed by atoms with E-state index < -0.39 is 11.6 Å². The maximum Gasteiger partial charge on any atom is 0.202 e. The molecule has 0 fully saturated rings. The first kappa shape index (κ1) is 12.4. The Morgan fingerprint density at radius 1 is 1.47 bits per heavy atom. The number of hydrogen-bond donors (Lipinski definition) is 1. The molecule has 0 saturated heterocycles. The second kappa shape index (κ2) is 4.90. The summed E-state index contributed by atoms with van der Waals surface area (Å²) in [5.41, 5.74) is 5.77. The minimum absolute atomic E-state index is 0.124. The van der Waals surface area contributed by atoms with Crippen LogP contribution in [0.4, 0.5) is 8.78 Å². The first-order valence-electron chi connectivity index (χ1n) is 4.43. The van der Waals surface area contributed by atoms with Crippen molar-refractivity contribution < 1.29 is 13.5 Å². The number of ether oxygens (including phenoxy) is 1. The van der Waals surface area contributed by atoms with Crippen molar-refractivity contribution >= 4 is 15.9 Å². The summed E-state index contributed by atoms with van der Waals surface area (Å²) >= 11 is 3.11. The fourth-order valence-corrected chi connectivity index (χ4v) is 1.92. The molecule has 0 radical (unpaired) electrons. The zero-order valence-corrected chi connectivity index (χ0v) is 10.1. The Morgan fingerprint density at radius 3 is 2.53 bits per heavy atom. The third kappa shape index (κ3) is 2.66. The van der Waals surface area contributed by atoms with Crippen LogP contribution in [0, 0.1) is 11.6 Å². The maximum absolute atomic E-state index is 13.5. The molecule has 0 heterocycles. The van der Waals surface area contributed by atoms with Crippen molar-refractivity contribution in [3.05, 3.63) is 27.7 Å². The first-order chi connectivity index (χ1) is 6.97. The molecule has 1 rings (SSSR count). The largest absolute Gasteiger partial charge is 0.492 e. The molecule has 15 heavy (non-hydrogen) atoms. The molecule has 84 valence electrons. The summed E-state index contributed by atoms with van der Waals surface area (Å²) in [7, 11) is 1.29. The van der Waals surface area contributed by atoms with Gasteiger partial charge in [-0.3, -0.25) is 0 Å². The zero-order chi connectivity index (χ0) is 11.6. The summed E-state index contributed by atoms with van der Waals surface area (Å²) in [6.45, 7) is 1.73. The Morgan fingerprint density at radius 2 is 2.07 bits per heavy atom. The number of methoxy groups -OCH3 is 1. The Bertz CT molecular complexity index is 369. The van der Waals surface area contributed by atoms with E-state index in [1.165, 1.54) is 13.2 Å². The van der Waals surface area contributed by atoms with E-state index in [2.05, 4.69) is 15.9 Å². The summed E-state index contributed by atoms with van der Waals surface area (Å²) in [6, 6.07) is 1.26. The second-order valence-corrected chi connectivity index (χ2v) is 4.21. The Balaban J connectivity index is 3.21. The van der Waals surface area contributed by atoms with Gasteiger partial charge < -0.3 is 10.5 Å². The highest BCUT2D eigenvalue weighted by Gasteiger charge is 2.18. The molecule has 2 nitrogen and oxygen atoms in total. The van der Waals surface area contributed by atoms with E-state index in [0.29, 0.717) is 4.47 Å². The van der Waals surface area contributed by atoms with Crippen LogP contribution >= 0.6 is 15.9 Å². The Hall–Kier alpha value is -0.680. The number of halogens is 3. The molecular weight excluding hydrogens is 268 g/mol.